The minimum Gasteiger partial charge on any atom is -0.464 e. The first-order valence-corrected chi connectivity index (χ1v) is 10.1. The first-order valence-electron chi connectivity index (χ1n) is 8.65. The monoisotopic (exact) mass is 394 g/mol. The summed E-state index contributed by atoms with van der Waals surface area (Å²) in [6, 6.07) is 13.9. The molecular formula is C21H18N2O4S. The molecule has 4 rings (SSSR count). The van der Waals surface area contributed by atoms with Crippen molar-refractivity contribution in [1.29, 1.82) is 0 Å². The third-order valence-electron chi connectivity index (χ3n) is 4.84. The van der Waals surface area contributed by atoms with E-state index in [1.165, 1.54) is 17.3 Å². The lowest BCUT2D eigenvalue weighted by Gasteiger charge is -2.12. The molecule has 0 aliphatic carbocycles. The topological polar surface area (TPSA) is 78.3 Å². The highest BCUT2D eigenvalue weighted by Gasteiger charge is 2.26. The van der Waals surface area contributed by atoms with Gasteiger partial charge in [-0.15, -0.1) is 0 Å². The smallest absolute Gasteiger partial charge is 0.356 e. The van der Waals surface area contributed by atoms with Gasteiger partial charge >= 0.3 is 5.97 Å². The summed E-state index contributed by atoms with van der Waals surface area (Å²) in [4.78, 5) is 16.5. The van der Waals surface area contributed by atoms with Gasteiger partial charge in [0.1, 0.15) is 0 Å². The first-order chi connectivity index (χ1) is 13.4. The standard InChI is InChI=1S/C21H18N2O4S/c1-13-8-10-15(11-9-13)28(25,26)23-18-7-5-4-6-16(18)17-12-22-19(21(24)27-3)14(2)20(17)23/h4-12H,1-3H3. The van der Waals surface area contributed by atoms with Crippen molar-refractivity contribution in [1.82, 2.24) is 8.96 Å². The fourth-order valence-electron chi connectivity index (χ4n) is 3.43. The van der Waals surface area contributed by atoms with E-state index in [2.05, 4.69) is 4.98 Å². The molecule has 2 aromatic carbocycles. The second-order valence-electron chi connectivity index (χ2n) is 6.59. The summed E-state index contributed by atoms with van der Waals surface area (Å²) in [5, 5.41) is 1.41. The maximum absolute atomic E-state index is 13.6. The summed E-state index contributed by atoms with van der Waals surface area (Å²) in [5.41, 5.74) is 2.48. The van der Waals surface area contributed by atoms with Crippen LogP contribution in [-0.4, -0.2) is 30.5 Å². The van der Waals surface area contributed by atoms with Crippen LogP contribution in [0.25, 0.3) is 21.8 Å². The average Bonchev–Trinajstić information content (AvgIpc) is 3.04. The van der Waals surface area contributed by atoms with E-state index in [4.69, 9.17) is 4.74 Å². The van der Waals surface area contributed by atoms with Gasteiger partial charge in [0.15, 0.2) is 5.69 Å². The number of para-hydroxylation sites is 1. The lowest BCUT2D eigenvalue weighted by atomic mass is 10.1. The molecule has 0 fully saturated rings. The van der Waals surface area contributed by atoms with Gasteiger partial charge in [-0.05, 0) is 32.0 Å². The van der Waals surface area contributed by atoms with E-state index in [1.54, 1.807) is 43.3 Å². The van der Waals surface area contributed by atoms with E-state index < -0.39 is 16.0 Å². The number of ether oxygens (including phenoxy) is 1. The summed E-state index contributed by atoms with van der Waals surface area (Å²) in [5.74, 6) is -0.607. The molecule has 0 radical (unpaired) electrons. The van der Waals surface area contributed by atoms with E-state index in [0.29, 0.717) is 22.0 Å². The molecule has 0 saturated heterocycles. The first kappa shape index (κ1) is 18.2. The SMILES string of the molecule is COC(=O)c1ncc2c3ccccc3n(S(=O)(=O)c3ccc(C)cc3)c2c1C. The zero-order valence-electron chi connectivity index (χ0n) is 15.6. The lowest BCUT2D eigenvalue weighted by Crippen LogP contribution is -2.15. The Morgan fingerprint density at radius 3 is 2.36 bits per heavy atom. The molecule has 0 amide bonds. The number of benzene rings is 2. The Balaban J connectivity index is 2.16. The highest BCUT2D eigenvalue weighted by molar-refractivity contribution is 7.90. The van der Waals surface area contributed by atoms with Crippen LogP contribution in [0, 0.1) is 13.8 Å². The Hall–Kier alpha value is -3.19. The number of pyridine rings is 1. The minimum atomic E-state index is -3.90. The van der Waals surface area contributed by atoms with Crippen molar-refractivity contribution < 1.29 is 17.9 Å². The maximum atomic E-state index is 13.6. The van der Waals surface area contributed by atoms with Crippen LogP contribution in [0.5, 0.6) is 0 Å². The van der Waals surface area contributed by atoms with Crippen LogP contribution in [0.15, 0.2) is 59.6 Å². The molecule has 0 atom stereocenters. The van der Waals surface area contributed by atoms with Crippen LogP contribution >= 0.6 is 0 Å². The largest absolute Gasteiger partial charge is 0.464 e. The van der Waals surface area contributed by atoms with Gasteiger partial charge < -0.3 is 4.74 Å². The Kier molecular flexibility index (Phi) is 4.19. The summed E-state index contributed by atoms with van der Waals surface area (Å²) < 4.78 is 33.2. The van der Waals surface area contributed by atoms with Gasteiger partial charge in [-0.3, -0.25) is 0 Å². The highest BCUT2D eigenvalue weighted by Crippen LogP contribution is 2.34. The number of carbonyl (C=O) groups is 1. The molecule has 4 aromatic rings. The predicted molar refractivity (Wildman–Crippen MR) is 107 cm³/mol. The number of fused-ring (bicyclic) bond motifs is 3. The zero-order valence-corrected chi connectivity index (χ0v) is 16.4. The van der Waals surface area contributed by atoms with E-state index >= 15 is 0 Å². The predicted octanol–water partition coefficient (Wildman–Crippen LogP) is 3.83. The molecule has 0 aliphatic rings. The van der Waals surface area contributed by atoms with E-state index in [1.807, 2.05) is 19.1 Å². The Bertz CT molecular complexity index is 1340. The van der Waals surface area contributed by atoms with Gasteiger partial charge in [0.2, 0.25) is 0 Å². The summed E-state index contributed by atoms with van der Waals surface area (Å²) >= 11 is 0. The van der Waals surface area contributed by atoms with E-state index in [-0.39, 0.29) is 10.6 Å². The molecule has 0 unspecified atom stereocenters. The molecule has 2 aromatic heterocycles. The molecular weight excluding hydrogens is 376 g/mol. The van der Waals surface area contributed by atoms with Gasteiger partial charge in [0, 0.05) is 22.5 Å². The molecule has 0 aliphatic heterocycles. The third kappa shape index (κ3) is 2.58. The molecule has 0 saturated carbocycles. The fraction of sp³-hybridized carbons (Fsp3) is 0.143. The maximum Gasteiger partial charge on any atom is 0.356 e. The minimum absolute atomic E-state index is 0.0955. The summed E-state index contributed by atoms with van der Waals surface area (Å²) in [7, 11) is -2.63. The van der Waals surface area contributed by atoms with E-state index in [0.717, 1.165) is 10.9 Å². The molecule has 7 heteroatoms. The molecule has 28 heavy (non-hydrogen) atoms. The second-order valence-corrected chi connectivity index (χ2v) is 8.37. The number of aryl methyl sites for hydroxylation is 2. The fourth-order valence-corrected chi connectivity index (χ4v) is 5.01. The van der Waals surface area contributed by atoms with Crippen molar-refractivity contribution >= 4 is 37.8 Å². The van der Waals surface area contributed by atoms with Crippen LogP contribution in [-0.2, 0) is 14.8 Å². The number of esters is 1. The third-order valence-corrected chi connectivity index (χ3v) is 6.57. The van der Waals surface area contributed by atoms with Crippen molar-refractivity contribution in [3.05, 3.63) is 71.5 Å². The molecule has 2 heterocycles. The van der Waals surface area contributed by atoms with Crippen LogP contribution in [0.3, 0.4) is 0 Å². The molecule has 0 bridgehead atoms. The van der Waals surface area contributed by atoms with Crippen LogP contribution < -0.4 is 0 Å². The van der Waals surface area contributed by atoms with Gasteiger partial charge in [-0.1, -0.05) is 35.9 Å². The van der Waals surface area contributed by atoms with Crippen molar-refractivity contribution in [3.8, 4) is 0 Å². The molecule has 0 spiro atoms. The summed E-state index contributed by atoms with van der Waals surface area (Å²) in [6.07, 6.45) is 1.53. The molecule has 142 valence electrons. The number of aromatic nitrogens is 2. The highest BCUT2D eigenvalue weighted by atomic mass is 32.2. The Labute approximate surface area is 162 Å². The van der Waals surface area contributed by atoms with Gasteiger partial charge in [-0.25, -0.2) is 22.2 Å². The molecule has 0 N–H and O–H groups in total. The Morgan fingerprint density at radius 2 is 1.68 bits per heavy atom. The van der Waals surface area contributed by atoms with Crippen LogP contribution in [0.1, 0.15) is 21.6 Å². The van der Waals surface area contributed by atoms with E-state index in [9.17, 15) is 13.2 Å². The number of carbonyl (C=O) groups excluding carboxylic acids is 1. The number of rotatable bonds is 3. The average molecular weight is 394 g/mol. The van der Waals surface area contributed by atoms with Crippen molar-refractivity contribution in [3.63, 3.8) is 0 Å². The quantitative estimate of drug-likeness (QED) is 0.494. The van der Waals surface area contributed by atoms with Crippen LogP contribution in [0.4, 0.5) is 0 Å². The zero-order chi connectivity index (χ0) is 20.1. The second kappa shape index (κ2) is 6.45. The number of hydrogen-bond acceptors (Lipinski definition) is 5. The number of hydrogen-bond donors (Lipinski definition) is 0. The van der Waals surface area contributed by atoms with Crippen molar-refractivity contribution in [2.24, 2.45) is 0 Å². The Morgan fingerprint density at radius 1 is 1.00 bits per heavy atom. The van der Waals surface area contributed by atoms with Gasteiger partial charge in [0.25, 0.3) is 10.0 Å². The van der Waals surface area contributed by atoms with Crippen LogP contribution in [0.2, 0.25) is 0 Å². The molecule has 6 nitrogen and oxygen atoms in total. The van der Waals surface area contributed by atoms with Crippen molar-refractivity contribution in [2.45, 2.75) is 18.7 Å². The number of nitrogens with zero attached hydrogens (tertiary/aromatic N) is 2. The lowest BCUT2D eigenvalue weighted by molar-refractivity contribution is 0.0593. The number of methoxy groups -OCH3 is 1. The normalized spacial score (nSPS) is 11.8. The van der Waals surface area contributed by atoms with Gasteiger partial charge in [0.05, 0.1) is 23.0 Å². The van der Waals surface area contributed by atoms with Crippen molar-refractivity contribution in [2.75, 3.05) is 7.11 Å². The summed E-state index contributed by atoms with van der Waals surface area (Å²) in [6.45, 7) is 3.58. The van der Waals surface area contributed by atoms with Gasteiger partial charge in [-0.2, -0.15) is 0 Å².